The molecule has 1 saturated carbocycles. The van der Waals surface area contributed by atoms with Crippen LogP contribution < -0.4 is 10.1 Å². The van der Waals surface area contributed by atoms with Gasteiger partial charge in [-0.1, -0.05) is 25.1 Å². The fourth-order valence-electron chi connectivity index (χ4n) is 3.02. The van der Waals surface area contributed by atoms with Gasteiger partial charge in [-0.25, -0.2) is 0 Å². The monoisotopic (exact) mass is 327 g/mol. The smallest absolute Gasteiger partial charge is 0.220 e. The molecule has 128 valence electrons. The van der Waals surface area contributed by atoms with Crippen LogP contribution in [0.1, 0.15) is 42.8 Å². The minimum atomic E-state index is 0.0580. The van der Waals surface area contributed by atoms with Gasteiger partial charge in [0, 0.05) is 25.3 Å². The van der Waals surface area contributed by atoms with Crippen LogP contribution in [0.25, 0.3) is 0 Å². The molecule has 0 saturated heterocycles. The third-order valence-electron chi connectivity index (χ3n) is 4.66. The Morgan fingerprint density at radius 3 is 2.79 bits per heavy atom. The van der Waals surface area contributed by atoms with Crippen LogP contribution in [0.15, 0.2) is 40.8 Å². The molecule has 24 heavy (non-hydrogen) atoms. The van der Waals surface area contributed by atoms with E-state index in [-0.39, 0.29) is 5.91 Å². The van der Waals surface area contributed by atoms with Crippen LogP contribution in [-0.2, 0) is 17.6 Å². The number of nitrogens with one attached hydrogen (secondary N) is 1. The van der Waals surface area contributed by atoms with E-state index < -0.39 is 0 Å². The Morgan fingerprint density at radius 2 is 2.04 bits per heavy atom. The van der Waals surface area contributed by atoms with Crippen LogP contribution in [0.3, 0.4) is 0 Å². The quantitative estimate of drug-likeness (QED) is 0.804. The first kappa shape index (κ1) is 16.6. The number of aryl methyl sites for hydroxylation is 1. The average molecular weight is 327 g/mol. The van der Waals surface area contributed by atoms with Crippen molar-refractivity contribution in [1.29, 1.82) is 0 Å². The standard InChI is InChI=1S/C20H25NO3/c1-14-13-17(14)19-9-7-16(24-19)8-10-20(22)21-12-11-15-5-3-4-6-18(15)23-2/h3-7,9,14,17H,8,10-13H2,1-2H3,(H,21,22). The summed E-state index contributed by atoms with van der Waals surface area (Å²) in [6, 6.07) is 11.9. The van der Waals surface area contributed by atoms with Crippen molar-refractivity contribution in [2.75, 3.05) is 13.7 Å². The number of methoxy groups -OCH3 is 1. The molecular formula is C20H25NO3. The molecule has 4 heteroatoms. The van der Waals surface area contributed by atoms with E-state index in [4.69, 9.17) is 9.15 Å². The van der Waals surface area contributed by atoms with Gasteiger partial charge >= 0.3 is 0 Å². The normalized spacial score (nSPS) is 19.1. The highest BCUT2D eigenvalue weighted by molar-refractivity contribution is 5.76. The summed E-state index contributed by atoms with van der Waals surface area (Å²) in [6.45, 7) is 2.85. The largest absolute Gasteiger partial charge is 0.496 e. The fraction of sp³-hybridized carbons (Fsp3) is 0.450. The van der Waals surface area contributed by atoms with Gasteiger partial charge in [0.25, 0.3) is 0 Å². The van der Waals surface area contributed by atoms with Gasteiger partial charge in [0.05, 0.1) is 7.11 Å². The summed E-state index contributed by atoms with van der Waals surface area (Å²) in [5.74, 6) is 4.24. The fourth-order valence-corrected chi connectivity index (χ4v) is 3.02. The third-order valence-corrected chi connectivity index (χ3v) is 4.66. The topological polar surface area (TPSA) is 51.5 Å². The molecule has 1 aromatic heterocycles. The van der Waals surface area contributed by atoms with E-state index in [0.717, 1.165) is 35.2 Å². The molecule has 1 aliphatic carbocycles. The van der Waals surface area contributed by atoms with E-state index in [1.165, 1.54) is 6.42 Å². The molecule has 2 aromatic rings. The van der Waals surface area contributed by atoms with Crippen molar-refractivity contribution in [3.63, 3.8) is 0 Å². The highest BCUT2D eigenvalue weighted by Crippen LogP contribution is 2.47. The second kappa shape index (κ2) is 7.56. The summed E-state index contributed by atoms with van der Waals surface area (Å²) >= 11 is 0. The lowest BCUT2D eigenvalue weighted by molar-refractivity contribution is -0.121. The molecule has 0 spiro atoms. The number of benzene rings is 1. The Labute approximate surface area is 143 Å². The van der Waals surface area contributed by atoms with Crippen LogP contribution in [0, 0.1) is 5.92 Å². The molecule has 1 fully saturated rings. The first-order valence-electron chi connectivity index (χ1n) is 8.64. The van der Waals surface area contributed by atoms with Crippen LogP contribution in [0.4, 0.5) is 0 Å². The minimum Gasteiger partial charge on any atom is -0.496 e. The average Bonchev–Trinajstić information content (AvgIpc) is 3.14. The van der Waals surface area contributed by atoms with E-state index in [1.54, 1.807) is 7.11 Å². The van der Waals surface area contributed by atoms with Crippen LogP contribution in [0.2, 0.25) is 0 Å². The lowest BCUT2D eigenvalue weighted by atomic mass is 10.1. The minimum absolute atomic E-state index is 0.0580. The maximum absolute atomic E-state index is 12.0. The number of hydrogen-bond acceptors (Lipinski definition) is 3. The van der Waals surface area contributed by atoms with Gasteiger partial charge in [0.2, 0.25) is 5.91 Å². The number of carbonyl (C=O) groups excluding carboxylic acids is 1. The zero-order valence-corrected chi connectivity index (χ0v) is 14.4. The number of furan rings is 1. The van der Waals surface area contributed by atoms with Gasteiger partial charge in [-0.05, 0) is 42.5 Å². The van der Waals surface area contributed by atoms with Crippen LogP contribution >= 0.6 is 0 Å². The summed E-state index contributed by atoms with van der Waals surface area (Å²) < 4.78 is 11.2. The van der Waals surface area contributed by atoms with Crippen molar-refractivity contribution in [2.24, 2.45) is 5.92 Å². The van der Waals surface area contributed by atoms with Crippen LogP contribution in [0.5, 0.6) is 5.75 Å². The number of ether oxygens (including phenoxy) is 1. The number of carbonyl (C=O) groups is 1. The highest BCUT2D eigenvalue weighted by atomic mass is 16.5. The molecule has 1 amide bonds. The zero-order chi connectivity index (χ0) is 16.9. The predicted octanol–water partition coefficient (Wildman–Crippen LogP) is 3.70. The van der Waals surface area contributed by atoms with E-state index >= 15 is 0 Å². The Morgan fingerprint density at radius 1 is 1.25 bits per heavy atom. The van der Waals surface area contributed by atoms with E-state index in [1.807, 2.05) is 30.3 Å². The number of rotatable bonds is 8. The second-order valence-corrected chi connectivity index (χ2v) is 6.54. The predicted molar refractivity (Wildman–Crippen MR) is 93.3 cm³/mol. The molecule has 1 aromatic carbocycles. The van der Waals surface area contributed by atoms with Crippen molar-refractivity contribution in [2.45, 2.75) is 38.5 Å². The number of hydrogen-bond donors (Lipinski definition) is 1. The van der Waals surface area contributed by atoms with Crippen molar-refractivity contribution in [3.05, 3.63) is 53.5 Å². The number of para-hydroxylation sites is 1. The molecule has 2 unspecified atom stereocenters. The summed E-state index contributed by atoms with van der Waals surface area (Å²) in [7, 11) is 1.66. The Balaban J connectivity index is 1.39. The Hall–Kier alpha value is -2.23. The molecule has 1 N–H and O–H groups in total. The lowest BCUT2D eigenvalue weighted by Crippen LogP contribution is -2.25. The van der Waals surface area contributed by atoms with Crippen molar-refractivity contribution >= 4 is 5.91 Å². The summed E-state index contributed by atoms with van der Waals surface area (Å²) in [4.78, 5) is 12.0. The highest BCUT2D eigenvalue weighted by Gasteiger charge is 2.36. The molecule has 0 bridgehead atoms. The van der Waals surface area contributed by atoms with E-state index in [9.17, 15) is 4.79 Å². The molecule has 3 rings (SSSR count). The zero-order valence-electron chi connectivity index (χ0n) is 14.4. The maximum Gasteiger partial charge on any atom is 0.220 e. The van der Waals surface area contributed by atoms with Crippen molar-refractivity contribution in [3.8, 4) is 5.75 Å². The summed E-state index contributed by atoms with van der Waals surface area (Å²) in [6.07, 6.45) is 3.09. The van der Waals surface area contributed by atoms with Crippen molar-refractivity contribution in [1.82, 2.24) is 5.32 Å². The summed E-state index contributed by atoms with van der Waals surface area (Å²) in [5.41, 5.74) is 1.11. The lowest BCUT2D eigenvalue weighted by Gasteiger charge is -2.09. The Kier molecular flexibility index (Phi) is 5.24. The van der Waals surface area contributed by atoms with Crippen LogP contribution in [-0.4, -0.2) is 19.6 Å². The SMILES string of the molecule is COc1ccccc1CCNC(=O)CCc1ccc(C2CC2C)o1. The van der Waals surface area contributed by atoms with Crippen molar-refractivity contribution < 1.29 is 13.9 Å². The van der Waals surface area contributed by atoms with Gasteiger partial charge in [0.15, 0.2) is 0 Å². The molecule has 0 aliphatic heterocycles. The molecule has 0 radical (unpaired) electrons. The molecule has 1 aliphatic rings. The molecule has 2 atom stereocenters. The van der Waals surface area contributed by atoms with Gasteiger partial charge < -0.3 is 14.5 Å². The van der Waals surface area contributed by atoms with Gasteiger partial charge in [-0.3, -0.25) is 4.79 Å². The van der Waals surface area contributed by atoms with E-state index in [2.05, 4.69) is 18.3 Å². The summed E-state index contributed by atoms with van der Waals surface area (Å²) in [5, 5.41) is 2.97. The number of amides is 1. The van der Waals surface area contributed by atoms with Gasteiger partial charge in [0.1, 0.15) is 17.3 Å². The third kappa shape index (κ3) is 4.19. The van der Waals surface area contributed by atoms with Gasteiger partial charge in [-0.15, -0.1) is 0 Å². The first-order chi connectivity index (χ1) is 11.7. The maximum atomic E-state index is 12.0. The van der Waals surface area contributed by atoms with Gasteiger partial charge in [-0.2, -0.15) is 0 Å². The van der Waals surface area contributed by atoms with E-state index in [0.29, 0.717) is 25.3 Å². The molecule has 4 nitrogen and oxygen atoms in total. The Bertz CT molecular complexity index is 692. The molecule has 1 heterocycles. The second-order valence-electron chi connectivity index (χ2n) is 6.54. The molecular weight excluding hydrogens is 302 g/mol. The first-order valence-corrected chi connectivity index (χ1v) is 8.64.